The Morgan fingerprint density at radius 1 is 1.45 bits per heavy atom. The van der Waals surface area contributed by atoms with Crippen LogP contribution >= 0.6 is 0 Å². The van der Waals surface area contributed by atoms with E-state index in [2.05, 4.69) is 11.4 Å². The van der Waals surface area contributed by atoms with Crippen molar-refractivity contribution in [3.8, 4) is 0 Å². The van der Waals surface area contributed by atoms with Crippen molar-refractivity contribution in [2.45, 2.75) is 18.5 Å². The highest BCUT2D eigenvalue weighted by atomic mass is 16.5. The molecule has 2 N–H and O–H groups in total. The molecule has 5 nitrogen and oxygen atoms in total. The minimum Gasteiger partial charge on any atom is -0.394 e. The molecule has 1 aromatic carbocycles. The number of carbonyl (C=O) groups is 1. The quantitative estimate of drug-likeness (QED) is 0.804. The number of morpholine rings is 1. The van der Waals surface area contributed by atoms with Gasteiger partial charge in [0.15, 0.2) is 0 Å². The van der Waals surface area contributed by atoms with E-state index in [1.165, 1.54) is 5.56 Å². The molecule has 108 valence electrons. The van der Waals surface area contributed by atoms with Crippen LogP contribution in [0.25, 0.3) is 0 Å². The van der Waals surface area contributed by atoms with Gasteiger partial charge >= 0.3 is 0 Å². The van der Waals surface area contributed by atoms with Crippen LogP contribution in [0.1, 0.15) is 17.0 Å². The molecular formula is C15H20N2O3. The molecule has 1 aromatic rings. The normalized spacial score (nSPS) is 26.1. The molecule has 2 aliphatic rings. The molecule has 0 spiro atoms. The summed E-state index contributed by atoms with van der Waals surface area (Å²) in [4.78, 5) is 14.6. The highest BCUT2D eigenvalue weighted by molar-refractivity contribution is 5.85. The summed E-state index contributed by atoms with van der Waals surface area (Å²) in [6.45, 7) is 2.95. The number of amides is 1. The average Bonchev–Trinajstić information content (AvgIpc) is 2.53. The summed E-state index contributed by atoms with van der Waals surface area (Å²) >= 11 is 0. The van der Waals surface area contributed by atoms with E-state index in [1.54, 1.807) is 4.90 Å². The molecule has 0 radical (unpaired) electrons. The number of nitrogens with one attached hydrogen (secondary N) is 1. The number of benzene rings is 1. The zero-order valence-corrected chi connectivity index (χ0v) is 11.4. The van der Waals surface area contributed by atoms with E-state index in [0.29, 0.717) is 26.3 Å². The first-order chi connectivity index (χ1) is 9.81. The topological polar surface area (TPSA) is 61.8 Å². The van der Waals surface area contributed by atoms with Gasteiger partial charge in [-0.25, -0.2) is 0 Å². The molecule has 2 unspecified atom stereocenters. The minimum atomic E-state index is -0.217. The lowest BCUT2D eigenvalue weighted by molar-refractivity contribution is -0.143. The van der Waals surface area contributed by atoms with Gasteiger partial charge in [-0.1, -0.05) is 24.3 Å². The Labute approximate surface area is 118 Å². The van der Waals surface area contributed by atoms with Gasteiger partial charge in [0, 0.05) is 19.6 Å². The second-order valence-electron chi connectivity index (χ2n) is 5.33. The van der Waals surface area contributed by atoms with Gasteiger partial charge in [-0.05, 0) is 11.1 Å². The predicted molar refractivity (Wildman–Crippen MR) is 74.3 cm³/mol. The number of hydrogen-bond donors (Lipinski definition) is 2. The molecule has 5 heteroatoms. The average molecular weight is 276 g/mol. The Balaban J connectivity index is 1.84. The number of carbonyl (C=O) groups excluding carboxylic acids is 1. The molecule has 1 fully saturated rings. The summed E-state index contributed by atoms with van der Waals surface area (Å²) in [6, 6.07) is 7.86. The van der Waals surface area contributed by atoms with Crippen LogP contribution in [-0.2, 0) is 16.1 Å². The van der Waals surface area contributed by atoms with Gasteiger partial charge in [-0.3, -0.25) is 4.79 Å². The lowest BCUT2D eigenvalue weighted by Gasteiger charge is -2.38. The monoisotopic (exact) mass is 276 g/mol. The van der Waals surface area contributed by atoms with Crippen LogP contribution in [0.4, 0.5) is 0 Å². The van der Waals surface area contributed by atoms with Crippen LogP contribution in [0.5, 0.6) is 0 Å². The SMILES string of the molecule is O=C(C1CNCc2ccccc21)N1CCOCC1CO. The molecule has 1 saturated heterocycles. The third-order valence-electron chi connectivity index (χ3n) is 4.11. The Hall–Kier alpha value is -1.43. The van der Waals surface area contributed by atoms with Gasteiger partial charge in [0.1, 0.15) is 0 Å². The number of fused-ring (bicyclic) bond motifs is 1. The zero-order chi connectivity index (χ0) is 13.9. The summed E-state index contributed by atoms with van der Waals surface area (Å²) in [5, 5.41) is 12.7. The molecule has 0 aliphatic carbocycles. The molecule has 2 atom stereocenters. The van der Waals surface area contributed by atoms with Crippen LogP contribution < -0.4 is 5.32 Å². The van der Waals surface area contributed by atoms with Gasteiger partial charge in [0.25, 0.3) is 0 Å². The molecule has 2 aliphatic heterocycles. The maximum absolute atomic E-state index is 12.8. The molecule has 0 bridgehead atoms. The van der Waals surface area contributed by atoms with Gasteiger partial charge < -0.3 is 20.1 Å². The Bertz CT molecular complexity index is 492. The lowest BCUT2D eigenvalue weighted by Crippen LogP contribution is -2.53. The first-order valence-electron chi connectivity index (χ1n) is 7.09. The molecular weight excluding hydrogens is 256 g/mol. The number of hydrogen-bond acceptors (Lipinski definition) is 4. The Morgan fingerprint density at radius 3 is 3.15 bits per heavy atom. The van der Waals surface area contributed by atoms with Crippen molar-refractivity contribution in [2.75, 3.05) is 32.9 Å². The van der Waals surface area contributed by atoms with Gasteiger partial charge in [0.05, 0.1) is 31.8 Å². The van der Waals surface area contributed by atoms with Crippen molar-refractivity contribution in [3.63, 3.8) is 0 Å². The van der Waals surface area contributed by atoms with E-state index in [9.17, 15) is 9.90 Å². The maximum atomic E-state index is 12.8. The Kier molecular flexibility index (Phi) is 4.00. The molecule has 20 heavy (non-hydrogen) atoms. The largest absolute Gasteiger partial charge is 0.394 e. The van der Waals surface area contributed by atoms with Crippen molar-refractivity contribution >= 4 is 5.91 Å². The van der Waals surface area contributed by atoms with Crippen molar-refractivity contribution in [2.24, 2.45) is 0 Å². The molecule has 2 heterocycles. The summed E-state index contributed by atoms with van der Waals surface area (Å²) < 4.78 is 5.34. The van der Waals surface area contributed by atoms with Crippen LogP contribution in [0.3, 0.4) is 0 Å². The zero-order valence-electron chi connectivity index (χ0n) is 11.4. The molecule has 3 rings (SSSR count). The Morgan fingerprint density at radius 2 is 2.30 bits per heavy atom. The van der Waals surface area contributed by atoms with Crippen LogP contribution in [0, 0.1) is 0 Å². The molecule has 0 saturated carbocycles. The molecule has 0 aromatic heterocycles. The van der Waals surface area contributed by atoms with Gasteiger partial charge in [-0.2, -0.15) is 0 Å². The predicted octanol–water partition coefficient (Wildman–Crippen LogP) is 0.0931. The fourth-order valence-electron chi connectivity index (χ4n) is 3.01. The van der Waals surface area contributed by atoms with E-state index in [0.717, 1.165) is 12.1 Å². The first-order valence-corrected chi connectivity index (χ1v) is 7.09. The first kappa shape index (κ1) is 13.5. The minimum absolute atomic E-state index is 0.0481. The summed E-state index contributed by atoms with van der Waals surface area (Å²) in [5.74, 6) is -0.0703. The number of aliphatic hydroxyl groups excluding tert-OH is 1. The highest BCUT2D eigenvalue weighted by Crippen LogP contribution is 2.26. The second kappa shape index (κ2) is 5.91. The van der Waals surface area contributed by atoms with Crippen LogP contribution in [0.2, 0.25) is 0 Å². The number of nitrogens with zero attached hydrogens (tertiary/aromatic N) is 1. The van der Waals surface area contributed by atoms with Gasteiger partial charge in [0.2, 0.25) is 5.91 Å². The van der Waals surface area contributed by atoms with E-state index in [1.807, 2.05) is 18.2 Å². The van der Waals surface area contributed by atoms with Crippen LogP contribution in [-0.4, -0.2) is 54.9 Å². The van der Waals surface area contributed by atoms with Gasteiger partial charge in [-0.15, -0.1) is 0 Å². The highest BCUT2D eigenvalue weighted by Gasteiger charge is 2.34. The number of ether oxygens (including phenoxy) is 1. The second-order valence-corrected chi connectivity index (χ2v) is 5.33. The standard InChI is InChI=1S/C15H20N2O3/c18-9-12-10-20-6-5-17(12)15(19)14-8-16-7-11-3-1-2-4-13(11)14/h1-4,12,14,16,18H,5-10H2. The summed E-state index contributed by atoms with van der Waals surface area (Å²) in [7, 11) is 0. The van der Waals surface area contributed by atoms with E-state index < -0.39 is 0 Å². The van der Waals surface area contributed by atoms with E-state index >= 15 is 0 Å². The van der Waals surface area contributed by atoms with E-state index in [4.69, 9.17) is 4.74 Å². The van der Waals surface area contributed by atoms with Crippen LogP contribution in [0.15, 0.2) is 24.3 Å². The third-order valence-corrected chi connectivity index (χ3v) is 4.11. The maximum Gasteiger partial charge on any atom is 0.231 e. The smallest absolute Gasteiger partial charge is 0.231 e. The fraction of sp³-hybridized carbons (Fsp3) is 0.533. The van der Waals surface area contributed by atoms with Crippen molar-refractivity contribution < 1.29 is 14.6 Å². The number of aliphatic hydroxyl groups is 1. The van der Waals surface area contributed by atoms with Crippen molar-refractivity contribution in [1.82, 2.24) is 10.2 Å². The summed E-state index contributed by atoms with van der Waals surface area (Å²) in [5.41, 5.74) is 2.30. The third kappa shape index (κ3) is 2.44. The molecule has 1 amide bonds. The fourth-order valence-corrected chi connectivity index (χ4v) is 3.01. The number of rotatable bonds is 2. The van der Waals surface area contributed by atoms with Crippen molar-refractivity contribution in [3.05, 3.63) is 35.4 Å². The van der Waals surface area contributed by atoms with Crippen molar-refractivity contribution in [1.29, 1.82) is 0 Å². The van der Waals surface area contributed by atoms with E-state index in [-0.39, 0.29) is 24.5 Å². The summed E-state index contributed by atoms with van der Waals surface area (Å²) in [6.07, 6.45) is 0. The lowest BCUT2D eigenvalue weighted by atomic mass is 9.89.